The van der Waals surface area contributed by atoms with E-state index < -0.39 is 52.7 Å². The summed E-state index contributed by atoms with van der Waals surface area (Å²) < 4.78 is 5.60. The number of phenols is 1. The molecule has 0 aromatic heterocycles. The van der Waals surface area contributed by atoms with Crippen LogP contribution in [0.4, 0.5) is 0 Å². The molecule has 2 unspecified atom stereocenters. The molecule has 3 aliphatic carbocycles. The zero-order chi connectivity index (χ0) is 25.9. The second-order valence-electron chi connectivity index (χ2n) is 9.69. The number of amides is 1. The summed E-state index contributed by atoms with van der Waals surface area (Å²) in [5.74, 6) is -6.58. The number of Topliss-reactive ketones (excluding diaryl/α,β-unsaturated/α-hetero) is 2. The smallest absolute Gasteiger partial charge is 0.230 e. The first-order valence-corrected chi connectivity index (χ1v) is 11.9. The van der Waals surface area contributed by atoms with Crippen LogP contribution in [0.15, 0.2) is 47.7 Å². The molecule has 1 amide bonds. The Balaban J connectivity index is 1.65. The fourth-order valence-corrected chi connectivity index (χ4v) is 6.12. The number of nitrogens with two attached hydrogens (primary N) is 1. The SMILES string of the molecule is CCOc1cccc(-c2ccc(O)c3c2C[C@H]2C[C@H]4CC(O)C(C(N)=O)C(=O)[C@@]4(O)C(O)=C2C3=O)c1. The Morgan fingerprint density at radius 1 is 1.17 bits per heavy atom. The van der Waals surface area contributed by atoms with Gasteiger partial charge in [-0.25, -0.2) is 0 Å². The molecule has 9 nitrogen and oxygen atoms in total. The molecule has 0 heterocycles. The molecule has 0 spiro atoms. The number of aliphatic hydroxyl groups is 3. The number of aliphatic hydroxyl groups excluding tert-OH is 2. The van der Waals surface area contributed by atoms with E-state index in [1.165, 1.54) is 6.07 Å². The van der Waals surface area contributed by atoms with E-state index in [2.05, 4.69) is 0 Å². The van der Waals surface area contributed by atoms with Crippen molar-refractivity contribution in [3.05, 3.63) is 58.9 Å². The van der Waals surface area contributed by atoms with Gasteiger partial charge < -0.3 is 30.9 Å². The number of fused-ring (bicyclic) bond motifs is 3. The van der Waals surface area contributed by atoms with E-state index >= 15 is 0 Å². The average molecular weight is 494 g/mol. The normalized spacial score (nSPS) is 29.3. The number of rotatable bonds is 4. The van der Waals surface area contributed by atoms with Crippen LogP contribution in [0, 0.1) is 17.8 Å². The van der Waals surface area contributed by atoms with Gasteiger partial charge in [0.25, 0.3) is 0 Å². The molecule has 1 fully saturated rings. The van der Waals surface area contributed by atoms with Gasteiger partial charge in [-0.3, -0.25) is 14.4 Å². The van der Waals surface area contributed by atoms with Crippen molar-refractivity contribution in [2.45, 2.75) is 37.9 Å². The number of ketones is 2. The van der Waals surface area contributed by atoms with Gasteiger partial charge in [0.2, 0.25) is 5.91 Å². The Bertz CT molecular complexity index is 1330. The monoisotopic (exact) mass is 493 g/mol. The predicted octanol–water partition coefficient (Wildman–Crippen LogP) is 1.81. The lowest BCUT2D eigenvalue weighted by atomic mass is 9.57. The molecule has 0 saturated heterocycles. The van der Waals surface area contributed by atoms with E-state index in [4.69, 9.17) is 10.5 Å². The van der Waals surface area contributed by atoms with Crippen molar-refractivity contribution in [1.82, 2.24) is 0 Å². The summed E-state index contributed by atoms with van der Waals surface area (Å²) in [6.07, 6.45) is -1.18. The predicted molar refractivity (Wildman–Crippen MR) is 127 cm³/mol. The number of hydrogen-bond acceptors (Lipinski definition) is 8. The van der Waals surface area contributed by atoms with E-state index in [-0.39, 0.29) is 36.1 Å². The van der Waals surface area contributed by atoms with Crippen LogP contribution in [0.5, 0.6) is 11.5 Å². The lowest BCUT2D eigenvalue weighted by molar-refractivity contribution is -0.167. The van der Waals surface area contributed by atoms with Crippen molar-refractivity contribution in [3.8, 4) is 22.6 Å². The van der Waals surface area contributed by atoms with Gasteiger partial charge in [-0.1, -0.05) is 18.2 Å². The van der Waals surface area contributed by atoms with Crippen LogP contribution in [0.2, 0.25) is 0 Å². The number of aromatic hydroxyl groups is 1. The van der Waals surface area contributed by atoms with Gasteiger partial charge in [0.15, 0.2) is 17.2 Å². The van der Waals surface area contributed by atoms with E-state index in [9.17, 15) is 34.8 Å². The minimum Gasteiger partial charge on any atom is -0.508 e. The highest BCUT2D eigenvalue weighted by atomic mass is 16.5. The number of allylic oxidation sites excluding steroid dienone is 1. The number of hydrogen-bond donors (Lipinski definition) is 5. The van der Waals surface area contributed by atoms with Crippen LogP contribution < -0.4 is 10.5 Å². The summed E-state index contributed by atoms with van der Waals surface area (Å²) in [7, 11) is 0. The van der Waals surface area contributed by atoms with Crippen molar-refractivity contribution < 1.29 is 39.5 Å². The van der Waals surface area contributed by atoms with Gasteiger partial charge in [0.1, 0.15) is 23.2 Å². The van der Waals surface area contributed by atoms with Crippen molar-refractivity contribution in [1.29, 1.82) is 0 Å². The molecular formula is C27H27NO8. The van der Waals surface area contributed by atoms with E-state index in [1.54, 1.807) is 6.07 Å². The third kappa shape index (κ3) is 3.34. The lowest BCUT2D eigenvalue weighted by Gasteiger charge is -2.48. The molecule has 3 aliphatic rings. The molecule has 1 saturated carbocycles. The molecule has 5 atom stereocenters. The largest absolute Gasteiger partial charge is 0.508 e. The molecule has 2 aromatic rings. The fraction of sp³-hybridized carbons (Fsp3) is 0.370. The van der Waals surface area contributed by atoms with Crippen molar-refractivity contribution in [2.75, 3.05) is 6.61 Å². The Morgan fingerprint density at radius 2 is 1.92 bits per heavy atom. The van der Waals surface area contributed by atoms with Gasteiger partial charge >= 0.3 is 0 Å². The topological polar surface area (TPSA) is 167 Å². The number of primary amides is 1. The van der Waals surface area contributed by atoms with Crippen LogP contribution in [0.1, 0.15) is 35.7 Å². The Hall–Kier alpha value is -3.69. The van der Waals surface area contributed by atoms with Crippen LogP contribution in [0.25, 0.3) is 11.1 Å². The Kier molecular flexibility index (Phi) is 5.65. The van der Waals surface area contributed by atoms with Crippen LogP contribution in [0.3, 0.4) is 0 Å². The van der Waals surface area contributed by atoms with Gasteiger partial charge in [-0.05, 0) is 67.0 Å². The molecular weight excluding hydrogens is 466 g/mol. The summed E-state index contributed by atoms with van der Waals surface area (Å²) in [5.41, 5.74) is 4.67. The number of benzene rings is 2. The van der Waals surface area contributed by atoms with Crippen molar-refractivity contribution in [3.63, 3.8) is 0 Å². The van der Waals surface area contributed by atoms with E-state index in [0.717, 1.165) is 5.56 Å². The first-order valence-electron chi connectivity index (χ1n) is 11.9. The van der Waals surface area contributed by atoms with Crippen LogP contribution in [-0.4, -0.2) is 56.2 Å². The number of ether oxygens (including phenoxy) is 1. The minimum atomic E-state index is -2.52. The highest BCUT2D eigenvalue weighted by Crippen LogP contribution is 2.52. The summed E-state index contributed by atoms with van der Waals surface area (Å²) in [5, 5.41) is 43.5. The molecule has 36 heavy (non-hydrogen) atoms. The molecule has 0 radical (unpaired) electrons. The molecule has 6 N–H and O–H groups in total. The summed E-state index contributed by atoms with van der Waals surface area (Å²) >= 11 is 0. The summed E-state index contributed by atoms with van der Waals surface area (Å²) in [6.45, 7) is 2.35. The van der Waals surface area contributed by atoms with Gasteiger partial charge in [-0.15, -0.1) is 0 Å². The second-order valence-corrected chi connectivity index (χ2v) is 9.69. The number of carbonyl (C=O) groups is 3. The first kappa shape index (κ1) is 24.0. The average Bonchev–Trinajstić information content (AvgIpc) is 2.81. The Labute approximate surface area is 206 Å². The zero-order valence-corrected chi connectivity index (χ0v) is 19.6. The first-order chi connectivity index (χ1) is 17.1. The quantitative estimate of drug-likeness (QED) is 0.402. The molecule has 9 heteroatoms. The maximum atomic E-state index is 13.7. The molecule has 2 aromatic carbocycles. The van der Waals surface area contributed by atoms with Gasteiger partial charge in [0, 0.05) is 11.5 Å². The summed E-state index contributed by atoms with van der Waals surface area (Å²) in [6, 6.07) is 10.4. The van der Waals surface area contributed by atoms with Gasteiger partial charge in [-0.2, -0.15) is 0 Å². The van der Waals surface area contributed by atoms with Crippen LogP contribution >= 0.6 is 0 Å². The standard InChI is InChI=1S/C27H27NO8/c1-2-36-15-5-3-4-12(9-15)16-6-7-18(29)21-17(16)10-13-8-14-11-19(30)22(26(28)34)25(33)27(14,35)24(32)20(13)23(21)31/h3-7,9,13-14,19,22,29-30,32,35H,2,8,10-11H2,1H3,(H2,28,34)/t13-,14+,19?,22?,27+/m1/s1. The minimum absolute atomic E-state index is 0.0103. The third-order valence-electron chi connectivity index (χ3n) is 7.73. The fourth-order valence-electron chi connectivity index (χ4n) is 6.12. The highest BCUT2D eigenvalue weighted by Gasteiger charge is 2.62. The zero-order valence-electron chi connectivity index (χ0n) is 19.6. The lowest BCUT2D eigenvalue weighted by Crippen LogP contribution is -2.63. The molecule has 5 rings (SSSR count). The maximum Gasteiger partial charge on any atom is 0.230 e. The maximum absolute atomic E-state index is 13.7. The Morgan fingerprint density at radius 3 is 2.61 bits per heavy atom. The van der Waals surface area contributed by atoms with E-state index in [1.807, 2.05) is 31.2 Å². The van der Waals surface area contributed by atoms with Crippen molar-refractivity contribution >= 4 is 17.5 Å². The molecule has 0 aliphatic heterocycles. The number of carbonyl (C=O) groups excluding carboxylic acids is 3. The van der Waals surface area contributed by atoms with Crippen LogP contribution in [-0.2, 0) is 16.0 Å². The summed E-state index contributed by atoms with van der Waals surface area (Å²) in [4.78, 5) is 38.6. The number of phenolic OH excluding ortho intramolecular Hbond substituents is 1. The van der Waals surface area contributed by atoms with Crippen molar-refractivity contribution in [2.24, 2.45) is 23.5 Å². The highest BCUT2D eigenvalue weighted by molar-refractivity contribution is 6.16. The van der Waals surface area contributed by atoms with Gasteiger partial charge in [0.05, 0.1) is 18.3 Å². The van der Waals surface area contributed by atoms with E-state index in [0.29, 0.717) is 23.5 Å². The second kappa shape index (κ2) is 8.46. The molecule has 0 bridgehead atoms. The molecule has 188 valence electrons. The third-order valence-corrected chi connectivity index (χ3v) is 7.73.